The summed E-state index contributed by atoms with van der Waals surface area (Å²) in [5.41, 5.74) is 2.37. The van der Waals surface area contributed by atoms with Gasteiger partial charge in [-0.2, -0.15) is 11.3 Å². The normalized spacial score (nSPS) is 12.6. The van der Waals surface area contributed by atoms with Crippen LogP contribution in [0.2, 0.25) is 0 Å². The van der Waals surface area contributed by atoms with Gasteiger partial charge in [0.05, 0.1) is 19.3 Å². The highest BCUT2D eigenvalue weighted by molar-refractivity contribution is 7.07. The second kappa shape index (κ2) is 9.93. The van der Waals surface area contributed by atoms with Crippen molar-refractivity contribution in [2.45, 2.75) is 33.4 Å². The van der Waals surface area contributed by atoms with Gasteiger partial charge in [-0.05, 0) is 60.9 Å². The van der Waals surface area contributed by atoms with Crippen molar-refractivity contribution >= 4 is 17.3 Å². The predicted molar refractivity (Wildman–Crippen MR) is 105 cm³/mol. The minimum Gasteiger partial charge on any atom is -0.490 e. The minimum absolute atomic E-state index is 0.0866. The van der Waals surface area contributed by atoms with E-state index in [1.165, 1.54) is 5.56 Å². The largest absolute Gasteiger partial charge is 0.490 e. The third kappa shape index (κ3) is 5.67. The monoisotopic (exact) mass is 361 g/mol. The van der Waals surface area contributed by atoms with Crippen molar-refractivity contribution in [3.05, 3.63) is 46.2 Å². The number of nitrogens with zero attached hydrogens (tertiary/aromatic N) is 1. The van der Waals surface area contributed by atoms with Gasteiger partial charge < -0.3 is 20.1 Å². The number of guanidine groups is 1. The van der Waals surface area contributed by atoms with Crippen LogP contribution in [0.25, 0.3) is 0 Å². The number of ether oxygens (including phenoxy) is 2. The van der Waals surface area contributed by atoms with Crippen molar-refractivity contribution in [2.24, 2.45) is 4.99 Å². The SMILES string of the molecule is CCOc1ccc(C(C)NC(=NC)NCc2ccsc2)cc1OCC. The van der Waals surface area contributed by atoms with Gasteiger partial charge in [-0.1, -0.05) is 6.07 Å². The van der Waals surface area contributed by atoms with E-state index in [1.807, 2.05) is 26.0 Å². The summed E-state index contributed by atoms with van der Waals surface area (Å²) >= 11 is 1.70. The van der Waals surface area contributed by atoms with Gasteiger partial charge in [0.2, 0.25) is 0 Å². The van der Waals surface area contributed by atoms with Gasteiger partial charge in [0.25, 0.3) is 0 Å². The molecule has 6 heteroatoms. The van der Waals surface area contributed by atoms with E-state index in [1.54, 1.807) is 18.4 Å². The maximum atomic E-state index is 5.71. The third-order valence-electron chi connectivity index (χ3n) is 3.68. The van der Waals surface area contributed by atoms with E-state index in [4.69, 9.17) is 9.47 Å². The summed E-state index contributed by atoms with van der Waals surface area (Å²) in [6.07, 6.45) is 0. The fraction of sp³-hybridized carbons (Fsp3) is 0.421. The van der Waals surface area contributed by atoms with Crippen molar-refractivity contribution in [1.29, 1.82) is 0 Å². The third-order valence-corrected chi connectivity index (χ3v) is 4.42. The van der Waals surface area contributed by atoms with Crippen LogP contribution in [0.15, 0.2) is 40.0 Å². The molecule has 1 unspecified atom stereocenters. The molecule has 1 aromatic carbocycles. The first-order chi connectivity index (χ1) is 12.2. The number of benzene rings is 1. The van der Waals surface area contributed by atoms with E-state index in [9.17, 15) is 0 Å². The Morgan fingerprint density at radius 1 is 1.16 bits per heavy atom. The van der Waals surface area contributed by atoms with Gasteiger partial charge in [-0.15, -0.1) is 0 Å². The van der Waals surface area contributed by atoms with E-state index >= 15 is 0 Å². The Labute approximate surface area is 154 Å². The maximum absolute atomic E-state index is 5.71. The molecule has 136 valence electrons. The smallest absolute Gasteiger partial charge is 0.191 e. The molecular formula is C19H27N3O2S. The zero-order chi connectivity index (χ0) is 18.1. The van der Waals surface area contributed by atoms with Crippen LogP contribution in [-0.4, -0.2) is 26.2 Å². The predicted octanol–water partition coefficient (Wildman–Crippen LogP) is 3.97. The van der Waals surface area contributed by atoms with Crippen molar-refractivity contribution in [2.75, 3.05) is 20.3 Å². The van der Waals surface area contributed by atoms with Crippen LogP contribution in [0.3, 0.4) is 0 Å². The molecule has 25 heavy (non-hydrogen) atoms. The molecule has 0 amide bonds. The van der Waals surface area contributed by atoms with Crippen LogP contribution in [0.1, 0.15) is 37.9 Å². The van der Waals surface area contributed by atoms with E-state index in [-0.39, 0.29) is 6.04 Å². The van der Waals surface area contributed by atoms with Gasteiger partial charge in [-0.3, -0.25) is 4.99 Å². The molecule has 1 aromatic heterocycles. The lowest BCUT2D eigenvalue weighted by Gasteiger charge is -2.20. The van der Waals surface area contributed by atoms with E-state index < -0.39 is 0 Å². The van der Waals surface area contributed by atoms with E-state index in [0.29, 0.717) is 13.2 Å². The fourth-order valence-electron chi connectivity index (χ4n) is 2.40. The summed E-state index contributed by atoms with van der Waals surface area (Å²) in [6.45, 7) is 8.02. The summed E-state index contributed by atoms with van der Waals surface area (Å²) in [6, 6.07) is 8.23. The lowest BCUT2D eigenvalue weighted by atomic mass is 10.1. The number of hydrogen-bond acceptors (Lipinski definition) is 4. The number of thiophene rings is 1. The first-order valence-electron chi connectivity index (χ1n) is 8.55. The zero-order valence-corrected chi connectivity index (χ0v) is 16.2. The molecule has 0 aliphatic rings. The van der Waals surface area contributed by atoms with E-state index in [0.717, 1.165) is 29.6 Å². The number of hydrogen-bond donors (Lipinski definition) is 2. The Morgan fingerprint density at radius 3 is 2.56 bits per heavy atom. The molecule has 1 atom stereocenters. The molecule has 0 radical (unpaired) electrons. The molecule has 2 rings (SSSR count). The summed E-state index contributed by atoms with van der Waals surface area (Å²) in [5.74, 6) is 2.32. The topological polar surface area (TPSA) is 54.9 Å². The van der Waals surface area contributed by atoms with Crippen LogP contribution in [0, 0.1) is 0 Å². The molecule has 0 aliphatic carbocycles. The standard InChI is InChI=1S/C19H27N3O2S/c1-5-23-17-8-7-16(11-18(17)24-6-2)14(3)22-19(20-4)21-12-15-9-10-25-13-15/h7-11,13-14H,5-6,12H2,1-4H3,(H2,20,21,22). The van der Waals surface area contributed by atoms with Gasteiger partial charge in [0.1, 0.15) is 0 Å². The van der Waals surface area contributed by atoms with Gasteiger partial charge in [0, 0.05) is 13.6 Å². The first-order valence-corrected chi connectivity index (χ1v) is 9.50. The second-order valence-corrected chi connectivity index (χ2v) is 6.28. The van der Waals surface area contributed by atoms with Crippen LogP contribution in [0.4, 0.5) is 0 Å². The number of aliphatic imine (C=N–C) groups is 1. The Balaban J connectivity index is 2.02. The van der Waals surface area contributed by atoms with Gasteiger partial charge in [-0.25, -0.2) is 0 Å². The average Bonchev–Trinajstić information content (AvgIpc) is 3.13. The molecule has 0 aliphatic heterocycles. The van der Waals surface area contributed by atoms with E-state index in [2.05, 4.69) is 45.4 Å². The van der Waals surface area contributed by atoms with Crippen LogP contribution in [-0.2, 0) is 6.54 Å². The molecule has 0 bridgehead atoms. The molecule has 2 N–H and O–H groups in total. The lowest BCUT2D eigenvalue weighted by molar-refractivity contribution is 0.287. The summed E-state index contributed by atoms with van der Waals surface area (Å²) in [7, 11) is 1.78. The van der Waals surface area contributed by atoms with Crippen molar-refractivity contribution < 1.29 is 9.47 Å². The quantitative estimate of drug-likeness (QED) is 0.552. The molecule has 5 nitrogen and oxygen atoms in total. The van der Waals surface area contributed by atoms with Crippen LogP contribution >= 0.6 is 11.3 Å². The highest BCUT2D eigenvalue weighted by Crippen LogP contribution is 2.30. The van der Waals surface area contributed by atoms with Crippen molar-refractivity contribution in [3.63, 3.8) is 0 Å². The van der Waals surface area contributed by atoms with Crippen molar-refractivity contribution in [1.82, 2.24) is 10.6 Å². The first kappa shape index (κ1) is 19.1. The van der Waals surface area contributed by atoms with Crippen LogP contribution in [0.5, 0.6) is 11.5 Å². The molecule has 0 fully saturated rings. The van der Waals surface area contributed by atoms with Gasteiger partial charge >= 0.3 is 0 Å². The molecule has 1 heterocycles. The summed E-state index contributed by atoms with van der Waals surface area (Å²) < 4.78 is 11.3. The molecule has 0 saturated carbocycles. The second-order valence-electron chi connectivity index (χ2n) is 5.50. The van der Waals surface area contributed by atoms with Crippen LogP contribution < -0.4 is 20.1 Å². The Hall–Kier alpha value is -2.21. The lowest BCUT2D eigenvalue weighted by Crippen LogP contribution is -2.38. The average molecular weight is 362 g/mol. The van der Waals surface area contributed by atoms with Gasteiger partial charge in [0.15, 0.2) is 17.5 Å². The Bertz CT molecular complexity index is 671. The minimum atomic E-state index is 0.0866. The molecular weight excluding hydrogens is 334 g/mol. The number of rotatable bonds is 8. The summed E-state index contributed by atoms with van der Waals surface area (Å²) in [5, 5.41) is 10.9. The highest BCUT2D eigenvalue weighted by atomic mass is 32.1. The molecule has 0 spiro atoms. The number of nitrogens with one attached hydrogen (secondary N) is 2. The Morgan fingerprint density at radius 2 is 1.92 bits per heavy atom. The fourth-order valence-corrected chi connectivity index (χ4v) is 3.07. The molecule has 2 aromatic rings. The zero-order valence-electron chi connectivity index (χ0n) is 15.3. The summed E-state index contributed by atoms with van der Waals surface area (Å²) in [4.78, 5) is 4.30. The van der Waals surface area contributed by atoms with Crippen molar-refractivity contribution in [3.8, 4) is 11.5 Å². The maximum Gasteiger partial charge on any atom is 0.191 e. The Kier molecular flexibility index (Phi) is 7.60. The molecule has 0 saturated heterocycles. The highest BCUT2D eigenvalue weighted by Gasteiger charge is 2.12.